The Labute approximate surface area is 211 Å². The summed E-state index contributed by atoms with van der Waals surface area (Å²) in [6.07, 6.45) is 2.35. The van der Waals surface area contributed by atoms with E-state index in [9.17, 15) is 4.79 Å². The Balaban J connectivity index is 1.40. The maximum atomic E-state index is 13.4. The van der Waals surface area contributed by atoms with Crippen molar-refractivity contribution in [1.82, 2.24) is 9.88 Å². The third-order valence-corrected chi connectivity index (χ3v) is 8.26. The second-order valence-corrected chi connectivity index (χ2v) is 11.2. The van der Waals surface area contributed by atoms with Gasteiger partial charge in [0, 0.05) is 37.5 Å². The highest BCUT2D eigenvalue weighted by Crippen LogP contribution is 2.32. The SMILES string of the molecule is Cc1ccc(SCCCC(=O)N(CCCN2CCOCC2)c2nc3c(C)cc(C)cc3s2)cc1. The van der Waals surface area contributed by atoms with E-state index in [0.29, 0.717) is 13.0 Å². The van der Waals surface area contributed by atoms with Crippen molar-refractivity contribution < 1.29 is 9.53 Å². The number of benzene rings is 2. The summed E-state index contributed by atoms with van der Waals surface area (Å²) in [6, 6.07) is 12.9. The quantitative estimate of drug-likeness (QED) is 0.260. The number of hydrogen-bond donors (Lipinski definition) is 0. The van der Waals surface area contributed by atoms with Gasteiger partial charge in [0.05, 0.1) is 23.4 Å². The van der Waals surface area contributed by atoms with Crippen molar-refractivity contribution in [3.8, 4) is 0 Å². The first-order chi connectivity index (χ1) is 16.5. The normalized spacial score (nSPS) is 14.6. The van der Waals surface area contributed by atoms with Crippen molar-refractivity contribution in [3.63, 3.8) is 0 Å². The molecule has 34 heavy (non-hydrogen) atoms. The molecule has 2 aromatic carbocycles. The van der Waals surface area contributed by atoms with Crippen molar-refractivity contribution in [3.05, 3.63) is 53.1 Å². The maximum Gasteiger partial charge on any atom is 0.228 e. The molecule has 7 heteroatoms. The summed E-state index contributed by atoms with van der Waals surface area (Å²) in [5.74, 6) is 1.12. The number of thiazole rings is 1. The van der Waals surface area contributed by atoms with E-state index in [0.717, 1.165) is 66.8 Å². The number of carbonyl (C=O) groups excluding carboxylic acids is 1. The van der Waals surface area contributed by atoms with E-state index in [1.165, 1.54) is 21.6 Å². The number of aromatic nitrogens is 1. The van der Waals surface area contributed by atoms with E-state index in [1.54, 1.807) is 11.3 Å². The molecule has 182 valence electrons. The van der Waals surface area contributed by atoms with E-state index in [2.05, 4.69) is 62.1 Å². The van der Waals surface area contributed by atoms with Gasteiger partial charge in [-0.05, 0) is 68.7 Å². The van der Waals surface area contributed by atoms with Crippen molar-refractivity contribution >= 4 is 44.4 Å². The number of ether oxygens (including phenoxy) is 1. The highest BCUT2D eigenvalue weighted by molar-refractivity contribution is 7.99. The van der Waals surface area contributed by atoms with Gasteiger partial charge in [-0.1, -0.05) is 35.1 Å². The zero-order valence-corrected chi connectivity index (χ0v) is 22.1. The van der Waals surface area contributed by atoms with Crippen molar-refractivity contribution in [2.24, 2.45) is 0 Å². The fourth-order valence-electron chi connectivity index (χ4n) is 4.26. The minimum Gasteiger partial charge on any atom is -0.379 e. The summed E-state index contributed by atoms with van der Waals surface area (Å²) < 4.78 is 6.63. The molecular formula is C27H35N3O2S2. The second kappa shape index (κ2) is 12.2. The van der Waals surface area contributed by atoms with Gasteiger partial charge in [0.25, 0.3) is 0 Å². The average Bonchev–Trinajstić information content (AvgIpc) is 3.25. The molecule has 2 heterocycles. The van der Waals surface area contributed by atoms with Crippen LogP contribution in [0.25, 0.3) is 10.2 Å². The Kier molecular flexibility index (Phi) is 9.00. The van der Waals surface area contributed by atoms with E-state index in [4.69, 9.17) is 9.72 Å². The van der Waals surface area contributed by atoms with Crippen LogP contribution in [0.15, 0.2) is 41.3 Å². The fraction of sp³-hybridized carbons (Fsp3) is 0.481. The Morgan fingerprint density at radius 3 is 2.62 bits per heavy atom. The van der Waals surface area contributed by atoms with Gasteiger partial charge in [0.2, 0.25) is 5.91 Å². The monoisotopic (exact) mass is 497 g/mol. The van der Waals surface area contributed by atoms with Gasteiger partial charge in [-0.2, -0.15) is 0 Å². The van der Waals surface area contributed by atoms with Gasteiger partial charge in [-0.25, -0.2) is 4.98 Å². The molecule has 0 radical (unpaired) electrons. The molecule has 0 atom stereocenters. The first-order valence-electron chi connectivity index (χ1n) is 12.2. The number of rotatable bonds is 10. The molecule has 5 nitrogen and oxygen atoms in total. The standard InChI is InChI=1S/C27H35N3O2S2/c1-20-7-9-23(10-8-20)33-17-4-6-25(31)30(12-5-11-29-13-15-32-16-14-29)27-28-26-22(3)18-21(2)19-24(26)34-27/h7-10,18-19H,4-6,11-17H2,1-3H3. The third-order valence-electron chi connectivity index (χ3n) is 6.13. The van der Waals surface area contributed by atoms with Crippen LogP contribution in [0.4, 0.5) is 5.13 Å². The number of anilines is 1. The number of thioether (sulfide) groups is 1. The van der Waals surface area contributed by atoms with Gasteiger partial charge >= 0.3 is 0 Å². The predicted octanol–water partition coefficient (Wildman–Crippen LogP) is 5.85. The van der Waals surface area contributed by atoms with Crippen LogP contribution in [0.2, 0.25) is 0 Å². The largest absolute Gasteiger partial charge is 0.379 e. The van der Waals surface area contributed by atoms with E-state index in [-0.39, 0.29) is 5.91 Å². The Morgan fingerprint density at radius 1 is 1.09 bits per heavy atom. The molecule has 4 rings (SSSR count). The van der Waals surface area contributed by atoms with Crippen LogP contribution in [0, 0.1) is 20.8 Å². The predicted molar refractivity (Wildman–Crippen MR) is 144 cm³/mol. The molecular weight excluding hydrogens is 462 g/mol. The second-order valence-electron chi connectivity index (χ2n) is 9.04. The number of morpholine rings is 1. The first-order valence-corrected chi connectivity index (χ1v) is 14.0. The summed E-state index contributed by atoms with van der Waals surface area (Å²) in [4.78, 5) is 23.9. The van der Waals surface area contributed by atoms with Crippen LogP contribution in [0.1, 0.15) is 36.0 Å². The van der Waals surface area contributed by atoms with Crippen LogP contribution >= 0.6 is 23.1 Å². The van der Waals surface area contributed by atoms with Crippen molar-refractivity contribution in [2.45, 2.75) is 44.9 Å². The summed E-state index contributed by atoms with van der Waals surface area (Å²) in [5.41, 5.74) is 4.70. The lowest BCUT2D eigenvalue weighted by Crippen LogP contribution is -2.39. The van der Waals surface area contributed by atoms with E-state index in [1.807, 2.05) is 16.7 Å². The highest BCUT2D eigenvalue weighted by Gasteiger charge is 2.21. The number of carbonyl (C=O) groups is 1. The molecule has 1 aliphatic rings. The van der Waals surface area contributed by atoms with Gasteiger partial charge in [0.1, 0.15) is 0 Å². The van der Waals surface area contributed by atoms with Crippen LogP contribution in [0.5, 0.6) is 0 Å². The molecule has 3 aromatic rings. The number of nitrogens with zero attached hydrogens (tertiary/aromatic N) is 3. The summed E-state index contributed by atoms with van der Waals surface area (Å²) in [7, 11) is 0. The third kappa shape index (κ3) is 6.81. The van der Waals surface area contributed by atoms with Crippen LogP contribution < -0.4 is 4.90 Å². The van der Waals surface area contributed by atoms with Crippen LogP contribution in [0.3, 0.4) is 0 Å². The van der Waals surface area contributed by atoms with Crippen LogP contribution in [-0.2, 0) is 9.53 Å². The van der Waals surface area contributed by atoms with Gasteiger partial charge in [0.15, 0.2) is 5.13 Å². The van der Waals surface area contributed by atoms with Crippen molar-refractivity contribution in [1.29, 1.82) is 0 Å². The summed E-state index contributed by atoms with van der Waals surface area (Å²) >= 11 is 3.46. The summed E-state index contributed by atoms with van der Waals surface area (Å²) in [6.45, 7) is 11.6. The lowest BCUT2D eigenvalue weighted by atomic mass is 10.1. The molecule has 0 bridgehead atoms. The molecule has 0 saturated carbocycles. The van der Waals surface area contributed by atoms with Crippen LogP contribution in [-0.4, -0.2) is 60.9 Å². The fourth-order valence-corrected chi connectivity index (χ4v) is 6.30. The summed E-state index contributed by atoms with van der Waals surface area (Å²) in [5, 5.41) is 0.835. The minimum atomic E-state index is 0.180. The number of hydrogen-bond acceptors (Lipinski definition) is 6. The smallest absolute Gasteiger partial charge is 0.228 e. The zero-order chi connectivity index (χ0) is 23.9. The first kappa shape index (κ1) is 25.2. The molecule has 0 aliphatic carbocycles. The molecule has 0 N–H and O–H groups in total. The lowest BCUT2D eigenvalue weighted by Gasteiger charge is -2.27. The Bertz CT molecular complexity index is 1090. The molecule has 1 fully saturated rings. The lowest BCUT2D eigenvalue weighted by molar-refractivity contribution is -0.118. The van der Waals surface area contributed by atoms with Gasteiger partial charge in [-0.15, -0.1) is 11.8 Å². The highest BCUT2D eigenvalue weighted by atomic mass is 32.2. The van der Waals surface area contributed by atoms with Crippen molar-refractivity contribution in [2.75, 3.05) is 50.0 Å². The van der Waals surface area contributed by atoms with E-state index >= 15 is 0 Å². The Morgan fingerprint density at radius 2 is 1.85 bits per heavy atom. The minimum absolute atomic E-state index is 0.180. The molecule has 1 amide bonds. The number of amides is 1. The molecule has 1 saturated heterocycles. The topological polar surface area (TPSA) is 45.7 Å². The molecule has 0 unspecified atom stereocenters. The average molecular weight is 498 g/mol. The maximum absolute atomic E-state index is 13.4. The van der Waals surface area contributed by atoms with Gasteiger partial charge in [-0.3, -0.25) is 14.6 Å². The number of fused-ring (bicyclic) bond motifs is 1. The van der Waals surface area contributed by atoms with E-state index < -0.39 is 0 Å². The molecule has 1 aliphatic heterocycles. The molecule has 1 aromatic heterocycles. The Hall–Kier alpha value is -1.93. The molecule has 0 spiro atoms. The zero-order valence-electron chi connectivity index (χ0n) is 20.5. The van der Waals surface area contributed by atoms with Gasteiger partial charge < -0.3 is 4.74 Å². The number of aryl methyl sites for hydroxylation is 3.